The maximum Gasteiger partial charge on any atom is 0.328 e. The molecule has 0 N–H and O–H groups in total. The van der Waals surface area contributed by atoms with Crippen LogP contribution in [0.25, 0.3) is 22.3 Å². The van der Waals surface area contributed by atoms with E-state index in [1.807, 2.05) is 18.2 Å². The molecule has 1 fully saturated rings. The molecule has 0 atom stereocenters. The quantitative estimate of drug-likeness (QED) is 0.526. The lowest BCUT2D eigenvalue weighted by molar-refractivity contribution is 0.584. The zero-order valence-corrected chi connectivity index (χ0v) is 16.2. The number of halogens is 2. The van der Waals surface area contributed by atoms with Gasteiger partial charge in [0.1, 0.15) is 11.6 Å². The van der Waals surface area contributed by atoms with E-state index in [1.165, 1.54) is 12.1 Å². The Kier molecular flexibility index (Phi) is 3.94. The van der Waals surface area contributed by atoms with Crippen molar-refractivity contribution < 1.29 is 8.78 Å². The van der Waals surface area contributed by atoms with Crippen LogP contribution in [-0.2, 0) is 20.6 Å². The fraction of sp³-hybridized carbons (Fsp3) is 0.273. The highest BCUT2D eigenvalue weighted by Crippen LogP contribution is 2.44. The van der Waals surface area contributed by atoms with E-state index in [-0.39, 0.29) is 5.69 Å². The number of benzene rings is 2. The van der Waals surface area contributed by atoms with Crippen LogP contribution in [0.4, 0.5) is 8.78 Å². The topological polar surface area (TPSA) is 44.8 Å². The molecule has 2 heterocycles. The molecule has 0 unspecified atom stereocenters. The van der Waals surface area contributed by atoms with E-state index in [0.29, 0.717) is 23.7 Å². The average molecular weight is 394 g/mol. The predicted molar refractivity (Wildman–Crippen MR) is 107 cm³/mol. The largest absolute Gasteiger partial charge is 0.329 e. The van der Waals surface area contributed by atoms with Crippen molar-refractivity contribution in [2.45, 2.75) is 25.3 Å². The molecule has 0 bridgehead atoms. The van der Waals surface area contributed by atoms with Gasteiger partial charge in [-0.25, -0.2) is 18.6 Å². The Morgan fingerprint density at radius 3 is 2.38 bits per heavy atom. The van der Waals surface area contributed by atoms with Crippen LogP contribution in [0.15, 0.2) is 47.5 Å². The fourth-order valence-corrected chi connectivity index (χ4v) is 4.06. The van der Waals surface area contributed by atoms with Crippen molar-refractivity contribution in [1.82, 2.24) is 18.7 Å². The molecule has 0 radical (unpaired) electrons. The minimum atomic E-state index is -0.605. The molecular formula is C22H20F2N4O. The van der Waals surface area contributed by atoms with E-state index in [1.54, 1.807) is 29.6 Å². The van der Waals surface area contributed by atoms with Crippen molar-refractivity contribution in [2.75, 3.05) is 0 Å². The maximum atomic E-state index is 13.7. The van der Waals surface area contributed by atoms with Crippen molar-refractivity contribution >= 4 is 11.0 Å². The molecule has 29 heavy (non-hydrogen) atoms. The van der Waals surface area contributed by atoms with Gasteiger partial charge in [-0.1, -0.05) is 6.07 Å². The molecule has 7 heteroatoms. The van der Waals surface area contributed by atoms with E-state index in [2.05, 4.69) is 9.55 Å². The van der Waals surface area contributed by atoms with E-state index >= 15 is 0 Å². The summed E-state index contributed by atoms with van der Waals surface area (Å²) in [6, 6.07) is 9.48. The Hall–Kier alpha value is -3.22. The molecule has 5 nitrogen and oxygen atoms in total. The SMILES string of the molecule is Cn1c(=O)n(C)c2cc(Cn3cnc(-c4cc(F)cc(F)c4)c3C3CC3)ccc21. The van der Waals surface area contributed by atoms with Gasteiger partial charge < -0.3 is 4.57 Å². The standard InChI is InChI=1S/C22H20F2N4O/c1-26-18-6-3-13(7-19(18)27(2)22(26)29)11-28-12-25-20(21(28)14-4-5-14)15-8-16(23)10-17(24)9-15/h3,6-10,12,14H,4-5,11H2,1-2H3. The Morgan fingerprint density at radius 1 is 1.00 bits per heavy atom. The number of hydrogen-bond acceptors (Lipinski definition) is 2. The molecule has 2 aromatic heterocycles. The lowest BCUT2D eigenvalue weighted by Crippen LogP contribution is -2.19. The molecule has 148 valence electrons. The van der Waals surface area contributed by atoms with Crippen LogP contribution in [-0.4, -0.2) is 18.7 Å². The zero-order valence-electron chi connectivity index (χ0n) is 16.2. The molecule has 1 aliphatic carbocycles. The first kappa shape index (κ1) is 17.8. The minimum Gasteiger partial charge on any atom is -0.329 e. The van der Waals surface area contributed by atoms with Gasteiger partial charge in [-0.15, -0.1) is 0 Å². The summed E-state index contributed by atoms with van der Waals surface area (Å²) in [5.41, 5.74) is 4.84. The third-order valence-corrected chi connectivity index (χ3v) is 5.67. The molecule has 1 saturated carbocycles. The van der Waals surface area contributed by atoms with Gasteiger partial charge in [0.15, 0.2) is 0 Å². The van der Waals surface area contributed by atoms with E-state index in [9.17, 15) is 13.6 Å². The van der Waals surface area contributed by atoms with Gasteiger partial charge in [0.05, 0.1) is 23.1 Å². The molecule has 2 aromatic carbocycles. The summed E-state index contributed by atoms with van der Waals surface area (Å²) in [6.07, 6.45) is 3.82. The van der Waals surface area contributed by atoms with Gasteiger partial charge in [0, 0.05) is 43.9 Å². The minimum absolute atomic E-state index is 0.0612. The number of aryl methyl sites for hydroxylation is 2. The number of fused-ring (bicyclic) bond motifs is 1. The van der Waals surface area contributed by atoms with Gasteiger partial charge in [-0.3, -0.25) is 9.13 Å². The molecule has 1 aliphatic rings. The van der Waals surface area contributed by atoms with E-state index < -0.39 is 11.6 Å². The molecule has 0 spiro atoms. The van der Waals surface area contributed by atoms with Gasteiger partial charge in [0.2, 0.25) is 0 Å². The second kappa shape index (κ2) is 6.40. The first-order chi connectivity index (χ1) is 13.9. The first-order valence-corrected chi connectivity index (χ1v) is 9.58. The van der Waals surface area contributed by atoms with Crippen LogP contribution in [0, 0.1) is 11.6 Å². The summed E-state index contributed by atoms with van der Waals surface area (Å²) in [4.78, 5) is 16.7. The van der Waals surface area contributed by atoms with E-state index in [0.717, 1.165) is 41.2 Å². The van der Waals surface area contributed by atoms with Crippen LogP contribution in [0.1, 0.15) is 30.0 Å². The Morgan fingerprint density at radius 2 is 1.69 bits per heavy atom. The Bertz CT molecular complexity index is 1290. The number of aromatic nitrogens is 4. The second-order valence-electron chi connectivity index (χ2n) is 7.76. The van der Waals surface area contributed by atoms with Crippen molar-refractivity contribution in [3.8, 4) is 11.3 Å². The molecule has 0 amide bonds. The summed E-state index contributed by atoms with van der Waals surface area (Å²) in [5.74, 6) is -0.859. The van der Waals surface area contributed by atoms with Crippen molar-refractivity contribution in [3.63, 3.8) is 0 Å². The van der Waals surface area contributed by atoms with Crippen LogP contribution < -0.4 is 5.69 Å². The fourth-order valence-electron chi connectivity index (χ4n) is 4.06. The lowest BCUT2D eigenvalue weighted by Gasteiger charge is -2.10. The smallest absolute Gasteiger partial charge is 0.328 e. The summed E-state index contributed by atoms with van der Waals surface area (Å²) in [7, 11) is 3.52. The second-order valence-corrected chi connectivity index (χ2v) is 7.76. The molecular weight excluding hydrogens is 374 g/mol. The third kappa shape index (κ3) is 2.97. The molecule has 4 aromatic rings. The maximum absolute atomic E-state index is 13.7. The van der Waals surface area contributed by atoms with Gasteiger partial charge in [-0.05, 0) is 42.7 Å². The predicted octanol–water partition coefficient (Wildman–Crippen LogP) is 3.94. The highest BCUT2D eigenvalue weighted by molar-refractivity contribution is 5.76. The summed E-state index contributed by atoms with van der Waals surface area (Å²) < 4.78 is 32.8. The number of imidazole rings is 2. The van der Waals surface area contributed by atoms with Crippen LogP contribution in [0.3, 0.4) is 0 Å². The summed E-state index contributed by atoms with van der Waals surface area (Å²) >= 11 is 0. The summed E-state index contributed by atoms with van der Waals surface area (Å²) in [5, 5.41) is 0. The molecule has 0 saturated heterocycles. The highest BCUT2D eigenvalue weighted by Gasteiger charge is 2.31. The highest BCUT2D eigenvalue weighted by atomic mass is 19.1. The zero-order chi connectivity index (χ0) is 20.3. The first-order valence-electron chi connectivity index (χ1n) is 9.58. The number of nitrogens with zero attached hydrogens (tertiary/aromatic N) is 4. The normalized spacial score (nSPS) is 14.1. The van der Waals surface area contributed by atoms with E-state index in [4.69, 9.17) is 0 Å². The molecule has 5 rings (SSSR count). The van der Waals surface area contributed by atoms with Gasteiger partial charge in [0.25, 0.3) is 0 Å². The van der Waals surface area contributed by atoms with Gasteiger partial charge >= 0.3 is 5.69 Å². The van der Waals surface area contributed by atoms with Crippen molar-refractivity contribution in [2.24, 2.45) is 14.1 Å². The lowest BCUT2D eigenvalue weighted by atomic mass is 10.1. The average Bonchev–Trinajstić information content (AvgIpc) is 3.41. The number of hydrogen-bond donors (Lipinski definition) is 0. The van der Waals surface area contributed by atoms with Gasteiger partial charge in [-0.2, -0.15) is 0 Å². The Balaban J connectivity index is 1.57. The Labute approximate surface area is 165 Å². The monoisotopic (exact) mass is 394 g/mol. The number of rotatable bonds is 4. The summed E-state index contributed by atoms with van der Waals surface area (Å²) in [6.45, 7) is 0.579. The van der Waals surface area contributed by atoms with Crippen molar-refractivity contribution in [1.29, 1.82) is 0 Å². The third-order valence-electron chi connectivity index (χ3n) is 5.67. The van der Waals surface area contributed by atoms with Crippen molar-refractivity contribution in [3.05, 3.63) is 76.1 Å². The van der Waals surface area contributed by atoms with Crippen LogP contribution in [0.5, 0.6) is 0 Å². The van der Waals surface area contributed by atoms with Crippen LogP contribution in [0.2, 0.25) is 0 Å². The molecule has 0 aliphatic heterocycles. The van der Waals surface area contributed by atoms with Crippen LogP contribution >= 0.6 is 0 Å².